The third kappa shape index (κ3) is 2.81. The van der Waals surface area contributed by atoms with E-state index >= 15 is 0 Å². The average Bonchev–Trinajstić information content (AvgIpc) is 3.10. The third-order valence-corrected chi connectivity index (χ3v) is 3.98. The summed E-state index contributed by atoms with van der Waals surface area (Å²) in [5.74, 6) is 0. The Hall–Kier alpha value is -3.32. The van der Waals surface area contributed by atoms with E-state index in [0.29, 0.717) is 5.65 Å². The summed E-state index contributed by atoms with van der Waals surface area (Å²) in [7, 11) is 0. The Kier molecular flexibility index (Phi) is 3.83. The molecule has 0 aliphatic heterocycles. The molecule has 7 nitrogen and oxygen atoms in total. The summed E-state index contributed by atoms with van der Waals surface area (Å²) in [6, 6.07) is 18.6. The normalized spacial score (nSPS) is 12.4. The molecular formula is C18H15N5O2. The van der Waals surface area contributed by atoms with E-state index in [4.69, 9.17) is 0 Å². The van der Waals surface area contributed by atoms with Crippen LogP contribution < -0.4 is 5.56 Å². The molecule has 7 heteroatoms. The van der Waals surface area contributed by atoms with Crippen molar-refractivity contribution in [3.05, 3.63) is 82.9 Å². The van der Waals surface area contributed by atoms with Gasteiger partial charge in [-0.1, -0.05) is 53.7 Å². The molecule has 2 heterocycles. The Balaban J connectivity index is 1.71. The number of fused-ring (bicyclic) bond motifs is 1. The van der Waals surface area contributed by atoms with Crippen molar-refractivity contribution in [1.82, 2.24) is 24.5 Å². The number of aliphatic hydroxyl groups is 1. The highest BCUT2D eigenvalue weighted by atomic mass is 16.3. The maximum Gasteiger partial charge on any atom is 0.283 e. The van der Waals surface area contributed by atoms with Crippen LogP contribution in [0.3, 0.4) is 0 Å². The molecule has 4 aromatic rings. The quantitative estimate of drug-likeness (QED) is 0.614. The smallest absolute Gasteiger partial charge is 0.283 e. The summed E-state index contributed by atoms with van der Waals surface area (Å²) in [5, 5.41) is 18.3. The fraction of sp³-hybridized carbons (Fsp3) is 0.111. The van der Waals surface area contributed by atoms with Gasteiger partial charge in [0.1, 0.15) is 6.33 Å². The predicted molar refractivity (Wildman–Crippen MR) is 92.3 cm³/mol. The Labute approximate surface area is 142 Å². The molecule has 2 aromatic heterocycles. The van der Waals surface area contributed by atoms with E-state index in [0.717, 1.165) is 11.3 Å². The zero-order chi connectivity index (χ0) is 17.2. The SMILES string of the molecule is O=c1c2nnn(-c3ccccc3)c2ncn1CC(O)c1ccccc1. The van der Waals surface area contributed by atoms with E-state index in [1.54, 1.807) is 0 Å². The first kappa shape index (κ1) is 15.2. The van der Waals surface area contributed by atoms with Crippen LogP contribution >= 0.6 is 0 Å². The maximum atomic E-state index is 12.6. The molecule has 1 atom stereocenters. The monoisotopic (exact) mass is 333 g/mol. The van der Waals surface area contributed by atoms with Gasteiger partial charge in [-0.2, -0.15) is 4.68 Å². The molecule has 0 radical (unpaired) electrons. The number of aliphatic hydroxyl groups excluding tert-OH is 1. The number of nitrogens with zero attached hydrogens (tertiary/aromatic N) is 5. The van der Waals surface area contributed by atoms with Crippen LogP contribution in [-0.4, -0.2) is 29.7 Å². The third-order valence-electron chi connectivity index (χ3n) is 3.98. The molecule has 1 unspecified atom stereocenters. The second kappa shape index (κ2) is 6.29. The Morgan fingerprint density at radius 1 is 1.00 bits per heavy atom. The summed E-state index contributed by atoms with van der Waals surface area (Å²) in [4.78, 5) is 17.0. The van der Waals surface area contributed by atoms with Gasteiger partial charge in [0.2, 0.25) is 0 Å². The molecule has 0 amide bonds. The first-order valence-corrected chi connectivity index (χ1v) is 7.83. The fourth-order valence-corrected chi connectivity index (χ4v) is 2.68. The molecular weight excluding hydrogens is 318 g/mol. The Bertz CT molecular complexity index is 1060. The van der Waals surface area contributed by atoms with Crippen LogP contribution in [0.25, 0.3) is 16.9 Å². The van der Waals surface area contributed by atoms with Crippen molar-refractivity contribution in [2.45, 2.75) is 12.6 Å². The van der Waals surface area contributed by atoms with Gasteiger partial charge in [0.05, 0.1) is 18.3 Å². The van der Waals surface area contributed by atoms with Crippen LogP contribution in [0.15, 0.2) is 71.8 Å². The largest absolute Gasteiger partial charge is 0.387 e. The molecule has 25 heavy (non-hydrogen) atoms. The molecule has 0 aliphatic carbocycles. The van der Waals surface area contributed by atoms with Crippen LogP contribution in [0.1, 0.15) is 11.7 Å². The van der Waals surface area contributed by atoms with Crippen molar-refractivity contribution >= 4 is 11.2 Å². The standard InChI is InChI=1S/C18H15N5O2/c24-15(13-7-3-1-4-8-13)11-22-12-19-17-16(18(22)25)20-21-23(17)14-9-5-2-6-10-14/h1-10,12,15,24H,11H2. The van der Waals surface area contributed by atoms with Crippen LogP contribution in [0.5, 0.6) is 0 Å². The molecule has 0 bridgehead atoms. The van der Waals surface area contributed by atoms with Crippen molar-refractivity contribution < 1.29 is 5.11 Å². The van der Waals surface area contributed by atoms with Gasteiger partial charge < -0.3 is 5.11 Å². The van der Waals surface area contributed by atoms with Gasteiger partial charge in [-0.3, -0.25) is 9.36 Å². The van der Waals surface area contributed by atoms with Gasteiger partial charge in [0, 0.05) is 0 Å². The van der Waals surface area contributed by atoms with E-state index in [1.165, 1.54) is 15.6 Å². The number of rotatable bonds is 4. The van der Waals surface area contributed by atoms with Crippen LogP contribution in [0.2, 0.25) is 0 Å². The molecule has 2 aromatic carbocycles. The summed E-state index contributed by atoms with van der Waals surface area (Å²) in [6.07, 6.45) is 0.613. The van der Waals surface area contributed by atoms with Crippen molar-refractivity contribution in [3.8, 4) is 5.69 Å². The van der Waals surface area contributed by atoms with Gasteiger partial charge in [-0.15, -0.1) is 5.10 Å². The first-order valence-electron chi connectivity index (χ1n) is 7.83. The summed E-state index contributed by atoms with van der Waals surface area (Å²) < 4.78 is 2.87. The van der Waals surface area contributed by atoms with Crippen molar-refractivity contribution in [2.24, 2.45) is 0 Å². The Morgan fingerprint density at radius 3 is 2.40 bits per heavy atom. The van der Waals surface area contributed by atoms with Gasteiger partial charge in [0.15, 0.2) is 11.2 Å². The zero-order valence-electron chi connectivity index (χ0n) is 13.2. The maximum absolute atomic E-state index is 12.6. The van der Waals surface area contributed by atoms with Gasteiger partial charge in [0.25, 0.3) is 5.56 Å². The molecule has 124 valence electrons. The van der Waals surface area contributed by atoms with Crippen molar-refractivity contribution in [3.63, 3.8) is 0 Å². The summed E-state index contributed by atoms with van der Waals surface area (Å²) in [5.41, 5.74) is 1.75. The van der Waals surface area contributed by atoms with E-state index < -0.39 is 6.10 Å². The van der Waals surface area contributed by atoms with Crippen LogP contribution in [0, 0.1) is 0 Å². The molecule has 0 fully saturated rings. The lowest BCUT2D eigenvalue weighted by Crippen LogP contribution is -2.24. The van der Waals surface area contributed by atoms with Gasteiger partial charge in [-0.05, 0) is 17.7 Å². The molecule has 4 rings (SSSR count). The topological polar surface area (TPSA) is 85.8 Å². The lowest BCUT2D eigenvalue weighted by atomic mass is 10.1. The van der Waals surface area contributed by atoms with Crippen molar-refractivity contribution in [2.75, 3.05) is 0 Å². The molecule has 0 aliphatic rings. The van der Waals surface area contributed by atoms with E-state index in [-0.39, 0.29) is 17.6 Å². The second-order valence-corrected chi connectivity index (χ2v) is 5.64. The number of para-hydroxylation sites is 1. The van der Waals surface area contributed by atoms with E-state index in [9.17, 15) is 9.90 Å². The highest BCUT2D eigenvalue weighted by Gasteiger charge is 2.15. The zero-order valence-corrected chi connectivity index (χ0v) is 13.2. The number of hydrogen-bond acceptors (Lipinski definition) is 5. The molecule has 1 N–H and O–H groups in total. The average molecular weight is 333 g/mol. The predicted octanol–water partition coefficient (Wildman–Crippen LogP) is 1.71. The van der Waals surface area contributed by atoms with Gasteiger partial charge in [-0.25, -0.2) is 4.98 Å². The second-order valence-electron chi connectivity index (χ2n) is 5.64. The molecule has 0 saturated heterocycles. The minimum Gasteiger partial charge on any atom is -0.387 e. The highest BCUT2D eigenvalue weighted by Crippen LogP contribution is 2.15. The van der Waals surface area contributed by atoms with Crippen molar-refractivity contribution in [1.29, 1.82) is 0 Å². The molecule has 0 saturated carbocycles. The fourth-order valence-electron chi connectivity index (χ4n) is 2.68. The van der Waals surface area contributed by atoms with E-state index in [1.807, 2.05) is 60.7 Å². The number of aromatic nitrogens is 5. The first-order chi connectivity index (χ1) is 12.2. The van der Waals surface area contributed by atoms with Crippen LogP contribution in [-0.2, 0) is 6.54 Å². The molecule has 0 spiro atoms. The summed E-state index contributed by atoms with van der Waals surface area (Å²) in [6.45, 7) is 0.101. The Morgan fingerprint density at radius 2 is 1.68 bits per heavy atom. The lowest BCUT2D eigenvalue weighted by molar-refractivity contribution is 0.155. The van der Waals surface area contributed by atoms with Crippen LogP contribution in [0.4, 0.5) is 0 Å². The van der Waals surface area contributed by atoms with Gasteiger partial charge >= 0.3 is 0 Å². The highest BCUT2D eigenvalue weighted by molar-refractivity contribution is 5.70. The summed E-state index contributed by atoms with van der Waals surface area (Å²) >= 11 is 0. The van der Waals surface area contributed by atoms with E-state index in [2.05, 4.69) is 15.3 Å². The number of benzene rings is 2. The minimum atomic E-state index is -0.803. The minimum absolute atomic E-state index is 0.101. The lowest BCUT2D eigenvalue weighted by Gasteiger charge is -2.12. The number of hydrogen-bond donors (Lipinski definition) is 1.